The molecule has 0 aromatic carbocycles. The van der Waals surface area contributed by atoms with Crippen LogP contribution >= 0.6 is 0 Å². The molecule has 1 heterocycles. The fourth-order valence-electron chi connectivity index (χ4n) is 2.11. The lowest BCUT2D eigenvalue weighted by molar-refractivity contribution is 0.200. The Morgan fingerprint density at radius 2 is 2.05 bits per heavy atom. The topological polar surface area (TPSA) is 70.7 Å². The summed E-state index contributed by atoms with van der Waals surface area (Å²) in [5, 5.41) is 19.9. The minimum absolute atomic E-state index is 0.104. The first-order chi connectivity index (χ1) is 10.2. The van der Waals surface area contributed by atoms with Crippen LogP contribution in [0.4, 0.5) is 0 Å². The molecule has 0 spiro atoms. The summed E-state index contributed by atoms with van der Waals surface area (Å²) in [5.41, 5.74) is 1.49. The predicted octanol–water partition coefficient (Wildman–Crippen LogP) is 3.50. The highest BCUT2D eigenvalue weighted by molar-refractivity contribution is 5.30. The molecule has 2 N–H and O–H groups in total. The van der Waals surface area contributed by atoms with Crippen LogP contribution in [0.2, 0.25) is 0 Å². The van der Waals surface area contributed by atoms with Crippen LogP contribution in [0.5, 0.6) is 5.75 Å². The van der Waals surface area contributed by atoms with Gasteiger partial charge in [-0.1, -0.05) is 38.0 Å². The van der Waals surface area contributed by atoms with Crippen LogP contribution in [0, 0.1) is 12.8 Å². The standard InChI is InChI=1S/C18H26O4/c1-6-11(2)7-12(3)8-13(4)16(19)9-15-10-17(20)14(5)18(21)22-15/h7-8,10-11,16,19-20H,6,9H2,1-5H3/b12-7+,13-8+. The van der Waals surface area contributed by atoms with Crippen LogP contribution in [0.15, 0.2) is 38.6 Å². The third-order valence-electron chi connectivity index (χ3n) is 3.78. The maximum atomic E-state index is 11.5. The first-order valence-electron chi connectivity index (χ1n) is 7.61. The predicted molar refractivity (Wildman–Crippen MR) is 88.1 cm³/mol. The Morgan fingerprint density at radius 1 is 1.41 bits per heavy atom. The first-order valence-corrected chi connectivity index (χ1v) is 7.61. The average molecular weight is 306 g/mol. The zero-order chi connectivity index (χ0) is 16.9. The van der Waals surface area contributed by atoms with E-state index in [4.69, 9.17) is 4.42 Å². The summed E-state index contributed by atoms with van der Waals surface area (Å²) in [6.07, 6.45) is 4.56. The molecular formula is C18H26O4. The van der Waals surface area contributed by atoms with E-state index in [0.717, 1.165) is 17.6 Å². The van der Waals surface area contributed by atoms with Crippen molar-refractivity contribution >= 4 is 0 Å². The Morgan fingerprint density at radius 3 is 2.59 bits per heavy atom. The van der Waals surface area contributed by atoms with E-state index in [1.54, 1.807) is 0 Å². The summed E-state index contributed by atoms with van der Waals surface area (Å²) >= 11 is 0. The second-order valence-electron chi connectivity index (χ2n) is 5.91. The van der Waals surface area contributed by atoms with Crippen LogP contribution in [0.1, 0.15) is 45.4 Å². The second-order valence-corrected chi connectivity index (χ2v) is 5.91. The van der Waals surface area contributed by atoms with Gasteiger partial charge in [0.1, 0.15) is 11.5 Å². The molecule has 0 amide bonds. The quantitative estimate of drug-likeness (QED) is 0.789. The smallest absolute Gasteiger partial charge is 0.342 e. The highest BCUT2D eigenvalue weighted by atomic mass is 16.4. The first kappa shape index (κ1) is 18.2. The fourth-order valence-corrected chi connectivity index (χ4v) is 2.11. The van der Waals surface area contributed by atoms with Gasteiger partial charge in [0.2, 0.25) is 0 Å². The van der Waals surface area contributed by atoms with Gasteiger partial charge in [-0.25, -0.2) is 4.79 Å². The van der Waals surface area contributed by atoms with Crippen molar-refractivity contribution in [3.8, 4) is 5.75 Å². The van der Waals surface area contributed by atoms with E-state index in [2.05, 4.69) is 19.9 Å². The van der Waals surface area contributed by atoms with Crippen LogP contribution in [0.25, 0.3) is 0 Å². The zero-order valence-corrected chi connectivity index (χ0v) is 14.0. The maximum absolute atomic E-state index is 11.5. The van der Waals surface area contributed by atoms with Gasteiger partial charge in [0.25, 0.3) is 0 Å². The lowest BCUT2D eigenvalue weighted by Gasteiger charge is -2.12. The fraction of sp³-hybridized carbons (Fsp3) is 0.500. The molecule has 0 aliphatic rings. The van der Waals surface area contributed by atoms with Crippen molar-refractivity contribution in [1.29, 1.82) is 0 Å². The van der Waals surface area contributed by atoms with Gasteiger partial charge in [-0.2, -0.15) is 0 Å². The van der Waals surface area contributed by atoms with E-state index >= 15 is 0 Å². The number of aliphatic hydroxyl groups excluding tert-OH is 1. The Balaban J connectivity index is 2.86. The highest BCUT2D eigenvalue weighted by Crippen LogP contribution is 2.18. The Labute approximate surface area is 131 Å². The van der Waals surface area contributed by atoms with Crippen LogP contribution in [-0.2, 0) is 6.42 Å². The molecule has 122 valence electrons. The van der Waals surface area contributed by atoms with Gasteiger partial charge in [-0.05, 0) is 32.3 Å². The van der Waals surface area contributed by atoms with E-state index in [0.29, 0.717) is 5.92 Å². The lowest BCUT2D eigenvalue weighted by atomic mass is 10.0. The molecule has 0 radical (unpaired) electrons. The summed E-state index contributed by atoms with van der Waals surface area (Å²) in [7, 11) is 0. The molecule has 0 aliphatic carbocycles. The summed E-state index contributed by atoms with van der Waals surface area (Å²) in [4.78, 5) is 11.5. The Bertz CT molecular complexity index is 622. The van der Waals surface area contributed by atoms with Crippen molar-refractivity contribution in [2.45, 2.75) is 53.6 Å². The number of hydrogen-bond acceptors (Lipinski definition) is 4. The van der Waals surface area contributed by atoms with E-state index in [1.165, 1.54) is 13.0 Å². The molecule has 0 saturated heterocycles. The highest BCUT2D eigenvalue weighted by Gasteiger charge is 2.13. The van der Waals surface area contributed by atoms with Crippen molar-refractivity contribution in [2.24, 2.45) is 5.92 Å². The molecule has 0 bridgehead atoms. The maximum Gasteiger partial charge on any atom is 0.342 e. The largest absolute Gasteiger partial charge is 0.507 e. The number of aromatic hydroxyl groups is 1. The molecule has 1 aromatic heterocycles. The van der Waals surface area contributed by atoms with Gasteiger partial charge in [-0.15, -0.1) is 0 Å². The lowest BCUT2D eigenvalue weighted by Crippen LogP contribution is -2.14. The van der Waals surface area contributed by atoms with E-state index in [1.807, 2.05) is 19.9 Å². The van der Waals surface area contributed by atoms with Gasteiger partial charge in [0, 0.05) is 12.5 Å². The van der Waals surface area contributed by atoms with Gasteiger partial charge >= 0.3 is 5.63 Å². The summed E-state index contributed by atoms with van der Waals surface area (Å²) in [5.74, 6) is 0.665. The second kappa shape index (κ2) is 7.99. The average Bonchev–Trinajstić information content (AvgIpc) is 2.44. The number of hydrogen-bond donors (Lipinski definition) is 2. The normalized spacial score (nSPS) is 15.7. The van der Waals surface area contributed by atoms with E-state index in [-0.39, 0.29) is 23.5 Å². The van der Waals surface area contributed by atoms with Crippen molar-refractivity contribution in [2.75, 3.05) is 0 Å². The molecular weight excluding hydrogens is 280 g/mol. The van der Waals surface area contributed by atoms with Crippen molar-refractivity contribution < 1.29 is 14.6 Å². The Hall–Kier alpha value is -1.81. The molecule has 2 unspecified atom stereocenters. The third kappa shape index (κ3) is 5.19. The van der Waals surface area contributed by atoms with Crippen molar-refractivity contribution in [3.05, 3.63) is 51.1 Å². The zero-order valence-electron chi connectivity index (χ0n) is 14.0. The molecule has 2 atom stereocenters. The van der Waals surface area contributed by atoms with E-state index < -0.39 is 11.7 Å². The number of aliphatic hydroxyl groups is 1. The van der Waals surface area contributed by atoms with Crippen molar-refractivity contribution in [3.63, 3.8) is 0 Å². The van der Waals surface area contributed by atoms with Gasteiger partial charge in [0.15, 0.2) is 0 Å². The molecule has 0 saturated carbocycles. The van der Waals surface area contributed by atoms with Crippen LogP contribution in [0.3, 0.4) is 0 Å². The van der Waals surface area contributed by atoms with Gasteiger partial charge < -0.3 is 14.6 Å². The molecule has 0 aliphatic heterocycles. The SMILES string of the molecule is CCC(C)/C=C(C)/C=C(\C)C(O)Cc1cc(O)c(C)c(=O)o1. The molecule has 1 aromatic rings. The number of allylic oxidation sites excluding steroid dienone is 3. The third-order valence-corrected chi connectivity index (χ3v) is 3.78. The van der Waals surface area contributed by atoms with Gasteiger partial charge in [-0.3, -0.25) is 0 Å². The van der Waals surface area contributed by atoms with Crippen LogP contribution in [-0.4, -0.2) is 16.3 Å². The Kier molecular flexibility index (Phi) is 6.62. The molecule has 22 heavy (non-hydrogen) atoms. The number of rotatable bonds is 6. The monoisotopic (exact) mass is 306 g/mol. The summed E-state index contributed by atoms with van der Waals surface area (Å²) in [6, 6.07) is 1.38. The summed E-state index contributed by atoms with van der Waals surface area (Å²) < 4.78 is 5.08. The van der Waals surface area contributed by atoms with Crippen LogP contribution < -0.4 is 5.63 Å². The van der Waals surface area contributed by atoms with Gasteiger partial charge in [0.05, 0.1) is 11.7 Å². The van der Waals surface area contributed by atoms with E-state index in [9.17, 15) is 15.0 Å². The molecule has 0 fully saturated rings. The minimum Gasteiger partial charge on any atom is -0.507 e. The summed E-state index contributed by atoms with van der Waals surface area (Å²) in [6.45, 7) is 9.61. The molecule has 4 nitrogen and oxygen atoms in total. The van der Waals surface area contributed by atoms with Crippen molar-refractivity contribution in [1.82, 2.24) is 0 Å². The molecule has 4 heteroatoms. The molecule has 1 rings (SSSR count). The minimum atomic E-state index is -0.759.